The van der Waals surface area contributed by atoms with Crippen LogP contribution in [0.5, 0.6) is 0 Å². The Morgan fingerprint density at radius 1 is 1.09 bits per heavy atom. The van der Waals surface area contributed by atoms with Crippen LogP contribution in [-0.2, 0) is 19.9 Å². The van der Waals surface area contributed by atoms with Gasteiger partial charge in [0, 0.05) is 28.9 Å². The van der Waals surface area contributed by atoms with Crippen LogP contribution >= 0.6 is 0 Å². The number of nitrogens with zero attached hydrogens (tertiary/aromatic N) is 3. The van der Waals surface area contributed by atoms with Gasteiger partial charge >= 0.3 is 0 Å². The zero-order valence-corrected chi connectivity index (χ0v) is 18.2. The van der Waals surface area contributed by atoms with E-state index >= 15 is 0 Å². The predicted molar refractivity (Wildman–Crippen MR) is 119 cm³/mol. The first kappa shape index (κ1) is 20.0. The number of aryl methyl sites for hydroxylation is 2. The minimum Gasteiger partial charge on any atom is -0.324 e. The number of hydrogen-bond donors (Lipinski definition) is 1. The number of amides is 3. The summed E-state index contributed by atoms with van der Waals surface area (Å²) in [6, 6.07) is 9.84. The molecule has 2 aromatic rings. The molecule has 0 saturated carbocycles. The van der Waals surface area contributed by atoms with Crippen molar-refractivity contribution < 1.29 is 19.3 Å². The molecule has 0 aromatic heterocycles. The van der Waals surface area contributed by atoms with E-state index in [1.807, 2.05) is 25.1 Å². The van der Waals surface area contributed by atoms with E-state index in [0.717, 1.165) is 28.9 Å². The molecule has 1 N–H and O–H groups in total. The Balaban J connectivity index is 1.54. The Kier molecular flexibility index (Phi) is 3.93. The van der Waals surface area contributed by atoms with Crippen LogP contribution in [0, 0.1) is 35.8 Å². The molecule has 0 radical (unpaired) electrons. The van der Waals surface area contributed by atoms with Gasteiger partial charge in [-0.15, -0.1) is 0 Å². The normalized spacial score (nSPS) is 30.1. The standard InChI is InChI=1S/C24H22N4O5/c1-12-5-8-16-15(10-12)24(23(31)25-16)20-19(17-4-3-9-26(17)24)21(29)27(22(20)30)14-7-6-13(2)18(11-14)28(32)33/h5-8,10-11,17,19-20H,3-4,9H2,1-2H3,(H,25,31)/t17-,19-,20+,24-/m1/s1. The highest BCUT2D eigenvalue weighted by Crippen LogP contribution is 2.60. The van der Waals surface area contributed by atoms with E-state index in [1.54, 1.807) is 19.1 Å². The smallest absolute Gasteiger partial charge is 0.274 e. The van der Waals surface area contributed by atoms with Crippen LogP contribution in [0.25, 0.3) is 0 Å². The number of nitro groups is 1. The van der Waals surface area contributed by atoms with Crippen LogP contribution in [-0.4, -0.2) is 40.1 Å². The van der Waals surface area contributed by atoms with Crippen molar-refractivity contribution in [3.63, 3.8) is 0 Å². The van der Waals surface area contributed by atoms with Crippen molar-refractivity contribution in [2.24, 2.45) is 11.8 Å². The van der Waals surface area contributed by atoms with E-state index < -0.39 is 28.2 Å². The first-order valence-electron chi connectivity index (χ1n) is 11.1. The van der Waals surface area contributed by atoms with Gasteiger partial charge in [0.1, 0.15) is 5.54 Å². The highest BCUT2D eigenvalue weighted by molar-refractivity contribution is 6.26. The molecule has 0 unspecified atom stereocenters. The highest BCUT2D eigenvalue weighted by Gasteiger charge is 2.74. The van der Waals surface area contributed by atoms with Gasteiger partial charge in [0.05, 0.1) is 22.4 Å². The Morgan fingerprint density at radius 2 is 1.88 bits per heavy atom. The summed E-state index contributed by atoms with van der Waals surface area (Å²) in [6.45, 7) is 4.18. The topological polar surface area (TPSA) is 113 Å². The minimum absolute atomic E-state index is 0.151. The third-order valence-corrected chi connectivity index (χ3v) is 7.80. The number of carbonyl (C=O) groups is 3. The molecule has 0 aliphatic carbocycles. The van der Waals surface area contributed by atoms with Crippen LogP contribution in [0.1, 0.15) is 29.5 Å². The van der Waals surface area contributed by atoms with Crippen LogP contribution in [0.4, 0.5) is 17.1 Å². The molecule has 9 nitrogen and oxygen atoms in total. The van der Waals surface area contributed by atoms with E-state index in [2.05, 4.69) is 10.2 Å². The van der Waals surface area contributed by atoms with Gasteiger partial charge in [0.25, 0.3) is 5.69 Å². The molecule has 3 fully saturated rings. The summed E-state index contributed by atoms with van der Waals surface area (Å²) in [5, 5.41) is 14.4. The number of fused-ring (bicyclic) bond motifs is 7. The summed E-state index contributed by atoms with van der Waals surface area (Å²) in [5.74, 6) is -2.68. The molecule has 6 rings (SSSR count). The zero-order chi connectivity index (χ0) is 23.2. The highest BCUT2D eigenvalue weighted by atomic mass is 16.6. The van der Waals surface area contributed by atoms with Crippen molar-refractivity contribution in [2.45, 2.75) is 38.3 Å². The van der Waals surface area contributed by atoms with Crippen LogP contribution in [0.3, 0.4) is 0 Å². The molecule has 3 amide bonds. The van der Waals surface area contributed by atoms with Gasteiger partial charge in [0.2, 0.25) is 17.7 Å². The third kappa shape index (κ3) is 2.32. The molecule has 4 aliphatic heterocycles. The molecular weight excluding hydrogens is 424 g/mol. The molecule has 3 saturated heterocycles. The average molecular weight is 446 g/mol. The largest absolute Gasteiger partial charge is 0.324 e. The van der Waals surface area contributed by atoms with E-state index in [-0.39, 0.29) is 29.2 Å². The Hall–Kier alpha value is -3.59. The number of rotatable bonds is 2. The van der Waals surface area contributed by atoms with E-state index in [0.29, 0.717) is 17.8 Å². The number of nitrogens with one attached hydrogen (secondary N) is 1. The molecule has 4 aliphatic rings. The van der Waals surface area contributed by atoms with Gasteiger partial charge in [-0.1, -0.05) is 23.8 Å². The summed E-state index contributed by atoms with van der Waals surface area (Å²) in [4.78, 5) is 55.3. The molecule has 33 heavy (non-hydrogen) atoms. The second kappa shape index (κ2) is 6.48. The predicted octanol–water partition coefficient (Wildman–Crippen LogP) is 2.64. The first-order chi connectivity index (χ1) is 15.8. The molecule has 0 bridgehead atoms. The van der Waals surface area contributed by atoms with Crippen molar-refractivity contribution in [1.29, 1.82) is 0 Å². The number of nitro benzene ring substituents is 1. The summed E-state index contributed by atoms with van der Waals surface area (Å²) in [5.41, 5.74) is 1.60. The maximum Gasteiger partial charge on any atom is 0.274 e. The molecule has 9 heteroatoms. The quantitative estimate of drug-likeness (QED) is 0.431. The van der Waals surface area contributed by atoms with Gasteiger partial charge in [-0.25, -0.2) is 4.90 Å². The molecule has 2 aromatic carbocycles. The van der Waals surface area contributed by atoms with Crippen LogP contribution in [0.2, 0.25) is 0 Å². The molecule has 4 atom stereocenters. The lowest BCUT2D eigenvalue weighted by molar-refractivity contribution is -0.385. The monoisotopic (exact) mass is 446 g/mol. The van der Waals surface area contributed by atoms with Crippen molar-refractivity contribution in [2.75, 3.05) is 16.8 Å². The number of benzene rings is 2. The van der Waals surface area contributed by atoms with Gasteiger partial charge in [-0.3, -0.25) is 29.4 Å². The SMILES string of the molecule is Cc1ccc2c(c1)[C@]1(C(=O)N2)[C@@H]2C(=O)N(c3ccc(C)c([N+](=O)[O-])c3)C(=O)[C@@H]2[C@H]2CCCN21. The summed E-state index contributed by atoms with van der Waals surface area (Å²) >= 11 is 0. The average Bonchev–Trinajstić information content (AvgIpc) is 3.47. The summed E-state index contributed by atoms with van der Waals surface area (Å²) in [7, 11) is 0. The maximum absolute atomic E-state index is 13.9. The number of anilines is 2. The Morgan fingerprint density at radius 3 is 2.64 bits per heavy atom. The van der Waals surface area contributed by atoms with Crippen molar-refractivity contribution >= 4 is 34.8 Å². The van der Waals surface area contributed by atoms with Gasteiger partial charge in [0.15, 0.2) is 0 Å². The lowest BCUT2D eigenvalue weighted by Crippen LogP contribution is -2.54. The van der Waals surface area contributed by atoms with Gasteiger partial charge < -0.3 is 5.32 Å². The second-order valence-corrected chi connectivity index (χ2v) is 9.42. The lowest BCUT2D eigenvalue weighted by atomic mass is 9.75. The fourth-order valence-corrected chi connectivity index (χ4v) is 6.50. The van der Waals surface area contributed by atoms with E-state index in [1.165, 1.54) is 6.07 Å². The summed E-state index contributed by atoms with van der Waals surface area (Å²) in [6.07, 6.45) is 1.56. The molecule has 168 valence electrons. The number of carbonyl (C=O) groups excluding carboxylic acids is 3. The van der Waals surface area contributed by atoms with E-state index in [9.17, 15) is 24.5 Å². The molecular formula is C24H22N4O5. The fraction of sp³-hybridized carbons (Fsp3) is 0.375. The fourth-order valence-electron chi connectivity index (χ4n) is 6.50. The first-order valence-corrected chi connectivity index (χ1v) is 11.1. The van der Waals surface area contributed by atoms with Gasteiger partial charge in [-0.05, 0) is 45.4 Å². The van der Waals surface area contributed by atoms with Crippen LogP contribution < -0.4 is 10.2 Å². The minimum atomic E-state index is -1.24. The molecule has 4 heterocycles. The molecule has 1 spiro atoms. The maximum atomic E-state index is 13.9. The van der Waals surface area contributed by atoms with E-state index in [4.69, 9.17) is 0 Å². The summed E-state index contributed by atoms with van der Waals surface area (Å²) < 4.78 is 0. The Labute approximate surface area is 189 Å². The van der Waals surface area contributed by atoms with Crippen molar-refractivity contribution in [3.8, 4) is 0 Å². The number of hydrogen-bond acceptors (Lipinski definition) is 6. The zero-order valence-electron chi connectivity index (χ0n) is 18.2. The third-order valence-electron chi connectivity index (χ3n) is 7.80. The number of imide groups is 1. The lowest BCUT2D eigenvalue weighted by Gasteiger charge is -2.36. The Bertz CT molecular complexity index is 1290. The van der Waals surface area contributed by atoms with Gasteiger partial charge in [-0.2, -0.15) is 0 Å². The second-order valence-electron chi connectivity index (χ2n) is 9.42. The van der Waals surface area contributed by atoms with Crippen molar-refractivity contribution in [1.82, 2.24) is 4.90 Å². The van der Waals surface area contributed by atoms with Crippen LogP contribution in [0.15, 0.2) is 36.4 Å². The van der Waals surface area contributed by atoms with Crippen molar-refractivity contribution in [3.05, 3.63) is 63.2 Å².